The van der Waals surface area contributed by atoms with Gasteiger partial charge in [-0.2, -0.15) is 11.8 Å². The third kappa shape index (κ3) is 2.89. The lowest BCUT2D eigenvalue weighted by molar-refractivity contribution is 0.410. The van der Waals surface area contributed by atoms with Crippen LogP contribution < -0.4 is 10.1 Å². The second-order valence-corrected chi connectivity index (χ2v) is 5.17. The van der Waals surface area contributed by atoms with Crippen molar-refractivity contribution >= 4 is 11.8 Å². The summed E-state index contributed by atoms with van der Waals surface area (Å²) in [5.74, 6) is 1.40. The molecule has 0 bridgehead atoms. The molecule has 1 heterocycles. The highest BCUT2D eigenvalue weighted by Crippen LogP contribution is 2.28. The van der Waals surface area contributed by atoms with E-state index < -0.39 is 0 Å². The molecule has 2 rings (SSSR count). The quantitative estimate of drug-likeness (QED) is 0.874. The van der Waals surface area contributed by atoms with E-state index in [1.807, 2.05) is 11.8 Å². The zero-order valence-electron chi connectivity index (χ0n) is 9.33. The molecule has 1 unspecified atom stereocenters. The fourth-order valence-electron chi connectivity index (χ4n) is 1.84. The summed E-state index contributed by atoms with van der Waals surface area (Å²) in [5.41, 5.74) is 0.944. The molecule has 0 aliphatic carbocycles. The van der Waals surface area contributed by atoms with Gasteiger partial charge in [-0.1, -0.05) is 0 Å². The number of nitrogens with one attached hydrogen (secondary N) is 1. The van der Waals surface area contributed by atoms with E-state index in [0.29, 0.717) is 5.25 Å². The molecule has 1 saturated heterocycles. The minimum Gasteiger partial charge on any atom is -0.496 e. The SMILES string of the molecule is COc1ccc(F)cc1CSC1CCNC1. The van der Waals surface area contributed by atoms with Crippen molar-refractivity contribution in [3.63, 3.8) is 0 Å². The molecular formula is C12H16FNOS. The first-order valence-corrected chi connectivity index (χ1v) is 6.49. The maximum Gasteiger partial charge on any atom is 0.123 e. The highest BCUT2D eigenvalue weighted by molar-refractivity contribution is 7.99. The number of benzene rings is 1. The van der Waals surface area contributed by atoms with Gasteiger partial charge < -0.3 is 10.1 Å². The number of ether oxygens (including phenoxy) is 1. The van der Waals surface area contributed by atoms with Crippen LogP contribution in [-0.2, 0) is 5.75 Å². The van der Waals surface area contributed by atoms with Crippen LogP contribution in [0.4, 0.5) is 4.39 Å². The molecule has 0 radical (unpaired) electrons. The van der Waals surface area contributed by atoms with Crippen LogP contribution in [0.25, 0.3) is 0 Å². The lowest BCUT2D eigenvalue weighted by Gasteiger charge is -2.11. The first-order chi connectivity index (χ1) is 7.79. The van der Waals surface area contributed by atoms with E-state index in [1.165, 1.54) is 12.5 Å². The van der Waals surface area contributed by atoms with E-state index in [1.54, 1.807) is 19.2 Å². The first kappa shape index (κ1) is 11.7. The number of rotatable bonds is 4. The summed E-state index contributed by atoms with van der Waals surface area (Å²) >= 11 is 1.87. The second-order valence-electron chi connectivity index (χ2n) is 3.88. The fourth-order valence-corrected chi connectivity index (χ4v) is 3.00. The Balaban J connectivity index is 1.98. The van der Waals surface area contributed by atoms with Gasteiger partial charge >= 0.3 is 0 Å². The van der Waals surface area contributed by atoms with Gasteiger partial charge in [-0.15, -0.1) is 0 Å². The summed E-state index contributed by atoms with van der Waals surface area (Å²) < 4.78 is 18.3. The normalized spacial score (nSPS) is 20.0. The van der Waals surface area contributed by atoms with Gasteiger partial charge in [0.25, 0.3) is 0 Å². The highest BCUT2D eigenvalue weighted by atomic mass is 32.2. The predicted octanol–water partition coefficient (Wildman–Crippen LogP) is 2.43. The average Bonchev–Trinajstić information content (AvgIpc) is 2.79. The Morgan fingerprint density at radius 2 is 2.44 bits per heavy atom. The van der Waals surface area contributed by atoms with E-state index in [9.17, 15) is 4.39 Å². The predicted molar refractivity (Wildman–Crippen MR) is 65.5 cm³/mol. The monoisotopic (exact) mass is 241 g/mol. The maximum absolute atomic E-state index is 13.1. The van der Waals surface area contributed by atoms with Crippen LogP contribution in [0.2, 0.25) is 0 Å². The molecule has 16 heavy (non-hydrogen) atoms. The lowest BCUT2D eigenvalue weighted by atomic mass is 10.2. The van der Waals surface area contributed by atoms with Gasteiger partial charge in [0.2, 0.25) is 0 Å². The molecule has 2 nitrogen and oxygen atoms in total. The molecule has 0 aromatic heterocycles. The third-order valence-corrected chi connectivity index (χ3v) is 4.08. The van der Waals surface area contributed by atoms with Gasteiger partial charge in [-0.05, 0) is 31.2 Å². The number of thioether (sulfide) groups is 1. The maximum atomic E-state index is 13.1. The summed E-state index contributed by atoms with van der Waals surface area (Å²) in [6, 6.07) is 4.69. The van der Waals surface area contributed by atoms with Crippen molar-refractivity contribution < 1.29 is 9.13 Å². The molecule has 1 aromatic carbocycles. The smallest absolute Gasteiger partial charge is 0.123 e. The third-order valence-electron chi connectivity index (χ3n) is 2.73. The van der Waals surface area contributed by atoms with Crippen LogP contribution in [-0.4, -0.2) is 25.4 Å². The van der Waals surface area contributed by atoms with Crippen LogP contribution >= 0.6 is 11.8 Å². The Labute approximate surface area is 99.6 Å². The van der Waals surface area contributed by atoms with Gasteiger partial charge in [0.05, 0.1) is 7.11 Å². The summed E-state index contributed by atoms with van der Waals surface area (Å²) in [4.78, 5) is 0. The van der Waals surface area contributed by atoms with Crippen molar-refractivity contribution in [2.75, 3.05) is 20.2 Å². The van der Waals surface area contributed by atoms with Crippen molar-refractivity contribution in [1.29, 1.82) is 0 Å². The Morgan fingerprint density at radius 1 is 1.56 bits per heavy atom. The van der Waals surface area contributed by atoms with E-state index in [0.717, 1.165) is 30.2 Å². The summed E-state index contributed by atoms with van der Waals surface area (Å²) in [7, 11) is 1.62. The molecule has 1 aliphatic rings. The molecule has 4 heteroatoms. The van der Waals surface area contributed by atoms with Gasteiger partial charge in [-0.3, -0.25) is 0 Å². The molecule has 88 valence electrons. The topological polar surface area (TPSA) is 21.3 Å². The van der Waals surface area contributed by atoms with E-state index in [2.05, 4.69) is 5.32 Å². The van der Waals surface area contributed by atoms with Crippen LogP contribution in [0.1, 0.15) is 12.0 Å². The molecule has 0 spiro atoms. The highest BCUT2D eigenvalue weighted by Gasteiger charge is 2.15. The molecule has 1 fully saturated rings. The van der Waals surface area contributed by atoms with Crippen LogP contribution in [0.3, 0.4) is 0 Å². The van der Waals surface area contributed by atoms with Crippen molar-refractivity contribution in [1.82, 2.24) is 5.32 Å². The molecule has 1 N–H and O–H groups in total. The molecular weight excluding hydrogens is 225 g/mol. The molecule has 1 atom stereocenters. The lowest BCUT2D eigenvalue weighted by Crippen LogP contribution is -2.10. The largest absolute Gasteiger partial charge is 0.496 e. The van der Waals surface area contributed by atoms with E-state index in [4.69, 9.17) is 4.74 Å². The van der Waals surface area contributed by atoms with Crippen LogP contribution in [0, 0.1) is 5.82 Å². The summed E-state index contributed by atoms with van der Waals surface area (Å²) in [6.45, 7) is 2.15. The van der Waals surface area contributed by atoms with Gasteiger partial charge in [0, 0.05) is 23.1 Å². The van der Waals surface area contributed by atoms with Crippen LogP contribution in [0.5, 0.6) is 5.75 Å². The van der Waals surface area contributed by atoms with Crippen molar-refractivity contribution in [2.24, 2.45) is 0 Å². The minimum absolute atomic E-state index is 0.194. The average molecular weight is 241 g/mol. The summed E-state index contributed by atoms with van der Waals surface area (Å²) in [6.07, 6.45) is 1.20. The number of methoxy groups -OCH3 is 1. The number of hydrogen-bond acceptors (Lipinski definition) is 3. The molecule has 0 saturated carbocycles. The zero-order chi connectivity index (χ0) is 11.4. The fraction of sp³-hybridized carbons (Fsp3) is 0.500. The Bertz CT molecular complexity index is 353. The van der Waals surface area contributed by atoms with E-state index in [-0.39, 0.29) is 5.82 Å². The standard InChI is InChI=1S/C12H16FNOS/c1-15-12-3-2-10(13)6-9(12)8-16-11-4-5-14-7-11/h2-3,6,11,14H,4-5,7-8H2,1H3. The molecule has 1 aromatic rings. The molecule has 1 aliphatic heterocycles. The van der Waals surface area contributed by atoms with Crippen molar-refractivity contribution in [2.45, 2.75) is 17.4 Å². The molecule has 0 amide bonds. The number of hydrogen-bond donors (Lipinski definition) is 1. The van der Waals surface area contributed by atoms with Gasteiger partial charge in [0.15, 0.2) is 0 Å². The van der Waals surface area contributed by atoms with Crippen LogP contribution in [0.15, 0.2) is 18.2 Å². The Morgan fingerprint density at radius 3 is 3.12 bits per heavy atom. The van der Waals surface area contributed by atoms with Crippen molar-refractivity contribution in [3.05, 3.63) is 29.6 Å². The first-order valence-electron chi connectivity index (χ1n) is 5.44. The Hall–Kier alpha value is -0.740. The van der Waals surface area contributed by atoms with E-state index >= 15 is 0 Å². The second kappa shape index (κ2) is 5.55. The summed E-state index contributed by atoms with van der Waals surface area (Å²) in [5, 5.41) is 3.97. The number of halogens is 1. The van der Waals surface area contributed by atoms with Gasteiger partial charge in [0.1, 0.15) is 11.6 Å². The minimum atomic E-state index is -0.194. The van der Waals surface area contributed by atoms with Gasteiger partial charge in [-0.25, -0.2) is 4.39 Å². The van der Waals surface area contributed by atoms with Crippen molar-refractivity contribution in [3.8, 4) is 5.75 Å². The zero-order valence-corrected chi connectivity index (χ0v) is 10.1. The Kier molecular flexibility index (Phi) is 4.07.